The highest BCUT2D eigenvalue weighted by molar-refractivity contribution is 5.91. The highest BCUT2D eigenvalue weighted by Gasteiger charge is 2.47. The topological polar surface area (TPSA) is 71.1 Å². The molecule has 1 aliphatic carbocycles. The number of carbonyl (C=O) groups excluding carboxylic acids is 2. The smallest absolute Gasteiger partial charge is 0.333 e. The molecule has 11 rings (SSSR count). The van der Waals surface area contributed by atoms with Gasteiger partial charge in [-0.2, -0.15) is 0 Å². The van der Waals surface area contributed by atoms with Gasteiger partial charge in [0.05, 0.1) is 5.41 Å². The number of hydrogen-bond donors (Lipinski definition) is 0. The van der Waals surface area contributed by atoms with E-state index in [1.165, 1.54) is 22.3 Å². The van der Waals surface area contributed by atoms with Gasteiger partial charge >= 0.3 is 11.9 Å². The zero-order valence-corrected chi connectivity index (χ0v) is 45.7. The maximum Gasteiger partial charge on any atom is 0.333 e. The number of benzene rings is 10. The van der Waals surface area contributed by atoms with Gasteiger partial charge in [-0.1, -0.05) is 207 Å². The second kappa shape index (κ2) is 24.1. The van der Waals surface area contributed by atoms with Crippen LogP contribution in [-0.2, 0) is 37.3 Å². The van der Waals surface area contributed by atoms with E-state index in [0.29, 0.717) is 24.0 Å². The van der Waals surface area contributed by atoms with Crippen LogP contribution in [0.4, 0.5) is 0 Å². The van der Waals surface area contributed by atoms with Crippen molar-refractivity contribution in [2.45, 2.75) is 32.1 Å². The van der Waals surface area contributed by atoms with E-state index < -0.39 is 17.4 Å². The Bertz CT molecular complexity index is 3660. The standard InChI is InChI=1S/C75H62O6/c1-51(2)73(76)80-41-39-78-71-37-33-59(45-63(71)43-53-19-9-5-10-20-53)57-27-17-29-65(47-57)75(69-49-61(55-23-13-7-14-24-55)31-35-67(69)68-36-32-62(50-70(68)75)56-25-15-8-16-26-56)66-30-18-28-58(48-66)60-34-38-72(79-40-42-81-74(77)52(3)4)64(46-60)44-54-21-11-6-12-22-54/h5-38,45-50H,1,3,39-44H2,2,4H3. The van der Waals surface area contributed by atoms with E-state index in [9.17, 15) is 9.59 Å². The van der Waals surface area contributed by atoms with Crippen LogP contribution in [-0.4, -0.2) is 38.4 Å². The van der Waals surface area contributed by atoms with E-state index >= 15 is 0 Å². The molecule has 10 aromatic carbocycles. The molecular weight excluding hydrogens is 997 g/mol. The van der Waals surface area contributed by atoms with Gasteiger partial charge in [-0.3, -0.25) is 0 Å². The first-order valence-corrected chi connectivity index (χ1v) is 27.5. The normalized spacial score (nSPS) is 11.9. The summed E-state index contributed by atoms with van der Waals surface area (Å²) in [7, 11) is 0. The summed E-state index contributed by atoms with van der Waals surface area (Å²) >= 11 is 0. The molecule has 6 heteroatoms. The first kappa shape index (κ1) is 53.2. The van der Waals surface area contributed by atoms with Gasteiger partial charge < -0.3 is 18.9 Å². The fourth-order valence-corrected chi connectivity index (χ4v) is 11.1. The quantitative estimate of drug-likeness (QED) is 0.0430. The van der Waals surface area contributed by atoms with Gasteiger partial charge in [-0.15, -0.1) is 0 Å². The summed E-state index contributed by atoms with van der Waals surface area (Å²) in [6.07, 6.45) is 1.28. The highest BCUT2D eigenvalue weighted by Crippen LogP contribution is 2.58. The predicted octanol–water partition coefficient (Wildman–Crippen LogP) is 16.9. The molecule has 0 fully saturated rings. The van der Waals surface area contributed by atoms with Crippen LogP contribution in [0.15, 0.2) is 267 Å². The van der Waals surface area contributed by atoms with E-state index in [0.717, 1.165) is 89.4 Å². The van der Waals surface area contributed by atoms with Gasteiger partial charge in [0, 0.05) is 24.0 Å². The zero-order chi connectivity index (χ0) is 55.7. The Morgan fingerprint density at radius 3 is 1.10 bits per heavy atom. The third-order valence-corrected chi connectivity index (χ3v) is 15.1. The second-order valence-corrected chi connectivity index (χ2v) is 20.7. The van der Waals surface area contributed by atoms with Crippen molar-refractivity contribution in [2.75, 3.05) is 26.4 Å². The van der Waals surface area contributed by atoms with Gasteiger partial charge in [-0.05, 0) is 163 Å². The van der Waals surface area contributed by atoms with Crippen LogP contribution in [0.25, 0.3) is 55.6 Å². The van der Waals surface area contributed by atoms with Crippen molar-refractivity contribution in [1.82, 2.24) is 0 Å². The Morgan fingerprint density at radius 2 is 0.704 bits per heavy atom. The van der Waals surface area contributed by atoms with Crippen LogP contribution in [0.5, 0.6) is 11.5 Å². The molecular formula is C75H62O6. The van der Waals surface area contributed by atoms with E-state index in [2.05, 4.69) is 232 Å². The minimum Gasteiger partial charge on any atom is -0.490 e. The molecule has 0 aliphatic heterocycles. The lowest BCUT2D eigenvalue weighted by Gasteiger charge is -2.35. The number of esters is 2. The number of rotatable bonds is 20. The van der Waals surface area contributed by atoms with Crippen LogP contribution in [0.1, 0.15) is 58.4 Å². The lowest BCUT2D eigenvalue weighted by atomic mass is 9.66. The maximum atomic E-state index is 12.2. The lowest BCUT2D eigenvalue weighted by molar-refractivity contribution is -0.140. The Kier molecular flexibility index (Phi) is 15.8. The molecule has 0 saturated heterocycles. The molecule has 0 heterocycles. The van der Waals surface area contributed by atoms with Crippen LogP contribution in [0.2, 0.25) is 0 Å². The summed E-state index contributed by atoms with van der Waals surface area (Å²) in [5, 5.41) is 0. The Labute approximate surface area is 475 Å². The number of fused-ring (bicyclic) bond motifs is 3. The average molecular weight is 1060 g/mol. The van der Waals surface area contributed by atoms with Crippen molar-refractivity contribution in [3.63, 3.8) is 0 Å². The fraction of sp³-hybridized carbons (Fsp3) is 0.120. The third-order valence-electron chi connectivity index (χ3n) is 15.1. The van der Waals surface area contributed by atoms with Crippen LogP contribution in [0, 0.1) is 0 Å². The Balaban J connectivity index is 1.09. The largest absolute Gasteiger partial charge is 0.490 e. The van der Waals surface area contributed by atoms with Gasteiger partial charge in [0.2, 0.25) is 0 Å². The molecule has 0 N–H and O–H groups in total. The van der Waals surface area contributed by atoms with Gasteiger partial charge in [-0.25, -0.2) is 9.59 Å². The molecule has 81 heavy (non-hydrogen) atoms. The minimum absolute atomic E-state index is 0.107. The van der Waals surface area contributed by atoms with Crippen molar-refractivity contribution in [3.05, 3.63) is 311 Å². The minimum atomic E-state index is -0.819. The van der Waals surface area contributed by atoms with Crippen LogP contribution < -0.4 is 9.47 Å². The number of carbonyl (C=O) groups is 2. The molecule has 398 valence electrons. The molecule has 0 atom stereocenters. The summed E-state index contributed by atoms with van der Waals surface area (Å²) in [5.41, 5.74) is 20.0. The monoisotopic (exact) mass is 1060 g/mol. The van der Waals surface area contributed by atoms with Crippen LogP contribution in [0.3, 0.4) is 0 Å². The molecule has 0 amide bonds. The molecule has 6 nitrogen and oxygen atoms in total. The molecule has 0 aromatic heterocycles. The van der Waals surface area contributed by atoms with Crippen molar-refractivity contribution >= 4 is 11.9 Å². The summed E-state index contributed by atoms with van der Waals surface area (Å²) < 4.78 is 23.6. The summed E-state index contributed by atoms with van der Waals surface area (Å²) in [5.74, 6) is 0.589. The molecule has 0 bridgehead atoms. The molecule has 0 unspecified atom stereocenters. The lowest BCUT2D eigenvalue weighted by Crippen LogP contribution is -2.29. The maximum absolute atomic E-state index is 12.2. The predicted molar refractivity (Wildman–Crippen MR) is 327 cm³/mol. The molecule has 10 aromatic rings. The van der Waals surface area contributed by atoms with Gasteiger partial charge in [0.25, 0.3) is 0 Å². The number of ether oxygens (including phenoxy) is 4. The molecule has 0 saturated carbocycles. The Morgan fingerprint density at radius 1 is 0.358 bits per heavy atom. The summed E-state index contributed by atoms with van der Waals surface area (Å²) in [4.78, 5) is 24.5. The van der Waals surface area contributed by atoms with E-state index in [4.69, 9.17) is 18.9 Å². The Hall–Kier alpha value is -9.78. The van der Waals surface area contributed by atoms with E-state index in [1.807, 2.05) is 24.3 Å². The molecule has 0 spiro atoms. The summed E-state index contributed by atoms with van der Waals surface area (Å²) in [6.45, 7) is 11.3. The zero-order valence-electron chi connectivity index (χ0n) is 45.7. The summed E-state index contributed by atoms with van der Waals surface area (Å²) in [6, 6.07) is 87.0. The number of hydrogen-bond acceptors (Lipinski definition) is 6. The third kappa shape index (κ3) is 11.5. The van der Waals surface area contributed by atoms with E-state index in [-0.39, 0.29) is 26.4 Å². The first-order valence-electron chi connectivity index (χ1n) is 27.5. The van der Waals surface area contributed by atoms with Gasteiger partial charge in [0.15, 0.2) is 0 Å². The SMILES string of the molecule is C=C(C)C(=O)OCCOc1ccc(-c2cccc(C3(c4cccc(-c5ccc(OCCOC(=O)C(=C)C)c(Cc6ccccc6)c5)c4)c4cc(-c5ccccc5)ccc4-c4ccc(-c5ccccc5)cc43)c2)cc1Cc1ccccc1. The van der Waals surface area contributed by atoms with Crippen molar-refractivity contribution in [1.29, 1.82) is 0 Å². The highest BCUT2D eigenvalue weighted by atomic mass is 16.6. The van der Waals surface area contributed by atoms with Crippen LogP contribution >= 0.6 is 0 Å². The van der Waals surface area contributed by atoms with Gasteiger partial charge in [0.1, 0.15) is 37.9 Å². The molecule has 0 radical (unpaired) electrons. The van der Waals surface area contributed by atoms with Crippen molar-refractivity contribution < 1.29 is 28.5 Å². The fourth-order valence-electron chi connectivity index (χ4n) is 11.1. The first-order chi connectivity index (χ1) is 39.6. The molecule has 1 aliphatic rings. The van der Waals surface area contributed by atoms with Crippen molar-refractivity contribution in [3.8, 4) is 67.1 Å². The second-order valence-electron chi connectivity index (χ2n) is 20.7. The van der Waals surface area contributed by atoms with Crippen molar-refractivity contribution in [2.24, 2.45) is 0 Å². The average Bonchev–Trinajstić information content (AvgIpc) is 3.76. The van der Waals surface area contributed by atoms with E-state index in [1.54, 1.807) is 13.8 Å².